The fourth-order valence-corrected chi connectivity index (χ4v) is 2.56. The van der Waals surface area contributed by atoms with Crippen molar-refractivity contribution in [3.63, 3.8) is 0 Å². The van der Waals surface area contributed by atoms with Crippen LogP contribution in [0.5, 0.6) is 17.2 Å². The number of carbonyl (C=O) groups is 1. The third kappa shape index (κ3) is 4.10. The molecule has 24 heavy (non-hydrogen) atoms. The average molecular weight is 349 g/mol. The molecule has 126 valence electrons. The minimum atomic E-state index is -0.524. The number of benzene rings is 2. The van der Waals surface area contributed by atoms with Gasteiger partial charge >= 0.3 is 0 Å². The lowest BCUT2D eigenvalue weighted by molar-refractivity contribution is -0.119. The molecule has 0 aromatic heterocycles. The van der Waals surface area contributed by atoms with Gasteiger partial charge in [-0.1, -0.05) is 17.7 Å². The van der Waals surface area contributed by atoms with Gasteiger partial charge in [0.25, 0.3) is 5.91 Å². The number of fused-ring (bicyclic) bond motifs is 1. The second-order valence-corrected chi connectivity index (χ2v) is 5.73. The first-order valence-electron chi connectivity index (χ1n) is 7.40. The fourth-order valence-electron chi connectivity index (χ4n) is 2.37. The second-order valence-electron chi connectivity index (χ2n) is 5.30. The number of rotatable bonds is 7. The van der Waals surface area contributed by atoms with Crippen LogP contribution in [-0.4, -0.2) is 19.3 Å². The molecule has 1 aliphatic rings. The number of nitrogens with two attached hydrogens (primary N) is 1. The van der Waals surface area contributed by atoms with Crippen LogP contribution in [0.15, 0.2) is 36.4 Å². The Morgan fingerprint density at radius 1 is 1.17 bits per heavy atom. The molecule has 0 bridgehead atoms. The Morgan fingerprint density at radius 2 is 2.00 bits per heavy atom. The second kappa shape index (κ2) is 7.42. The summed E-state index contributed by atoms with van der Waals surface area (Å²) in [5, 5.41) is 3.91. The summed E-state index contributed by atoms with van der Waals surface area (Å²) in [6.45, 7) is 1.26. The number of ether oxygens (including phenoxy) is 3. The number of primary amides is 1. The molecule has 0 aliphatic carbocycles. The molecule has 0 spiro atoms. The first-order chi connectivity index (χ1) is 11.6. The average Bonchev–Trinajstić information content (AvgIpc) is 3.01. The molecule has 0 saturated carbocycles. The first kappa shape index (κ1) is 16.4. The van der Waals surface area contributed by atoms with E-state index in [0.29, 0.717) is 23.9 Å². The quantitative estimate of drug-likeness (QED) is 0.801. The number of hydrogen-bond donors (Lipinski definition) is 2. The third-order valence-electron chi connectivity index (χ3n) is 3.47. The summed E-state index contributed by atoms with van der Waals surface area (Å²) in [5.41, 5.74) is 7.03. The van der Waals surface area contributed by atoms with E-state index >= 15 is 0 Å². The normalized spacial score (nSPS) is 12.2. The highest BCUT2D eigenvalue weighted by Crippen LogP contribution is 2.32. The first-order valence-corrected chi connectivity index (χ1v) is 7.78. The number of nitrogens with one attached hydrogen (secondary N) is 1. The van der Waals surface area contributed by atoms with Gasteiger partial charge in [-0.25, -0.2) is 0 Å². The molecule has 0 fully saturated rings. The Morgan fingerprint density at radius 3 is 2.83 bits per heavy atom. The van der Waals surface area contributed by atoms with E-state index in [-0.39, 0.29) is 13.4 Å². The summed E-state index contributed by atoms with van der Waals surface area (Å²) in [6.07, 6.45) is 0. The zero-order valence-electron chi connectivity index (χ0n) is 12.9. The van der Waals surface area contributed by atoms with Crippen molar-refractivity contribution in [3.8, 4) is 17.2 Å². The van der Waals surface area contributed by atoms with Crippen molar-refractivity contribution in [3.05, 3.63) is 52.5 Å². The van der Waals surface area contributed by atoms with Gasteiger partial charge in [-0.3, -0.25) is 4.79 Å². The summed E-state index contributed by atoms with van der Waals surface area (Å²) >= 11 is 6.03. The van der Waals surface area contributed by atoms with E-state index < -0.39 is 5.91 Å². The van der Waals surface area contributed by atoms with E-state index in [9.17, 15) is 4.79 Å². The predicted molar refractivity (Wildman–Crippen MR) is 89.3 cm³/mol. The van der Waals surface area contributed by atoms with Gasteiger partial charge in [0, 0.05) is 23.7 Å². The molecule has 2 aromatic rings. The van der Waals surface area contributed by atoms with Gasteiger partial charge in [0.05, 0.1) is 0 Å². The Kier molecular flexibility index (Phi) is 5.08. The monoisotopic (exact) mass is 348 g/mol. The lowest BCUT2D eigenvalue weighted by Gasteiger charge is -2.12. The van der Waals surface area contributed by atoms with Crippen LogP contribution in [0.4, 0.5) is 0 Å². The maximum Gasteiger partial charge on any atom is 0.255 e. The number of hydrogen-bond acceptors (Lipinski definition) is 5. The van der Waals surface area contributed by atoms with Crippen molar-refractivity contribution in [2.75, 3.05) is 13.4 Å². The van der Waals surface area contributed by atoms with Crippen molar-refractivity contribution in [2.45, 2.75) is 13.1 Å². The van der Waals surface area contributed by atoms with Crippen LogP contribution < -0.4 is 25.3 Å². The molecular formula is C17H17ClN2O4. The Hall–Kier alpha value is -2.44. The molecule has 3 N–H and O–H groups in total. The fraction of sp³-hybridized carbons (Fsp3) is 0.235. The SMILES string of the molecule is NC(=O)COc1ccc(Cl)cc1CNCc1ccc2c(c1)OCO2. The maximum atomic E-state index is 10.9. The van der Waals surface area contributed by atoms with E-state index in [4.69, 9.17) is 31.5 Å². The number of halogens is 1. The predicted octanol–water partition coefficient (Wildman–Crippen LogP) is 2.22. The molecule has 6 nitrogen and oxygen atoms in total. The zero-order chi connectivity index (χ0) is 16.9. The van der Waals surface area contributed by atoms with E-state index in [0.717, 1.165) is 22.6 Å². The minimum Gasteiger partial charge on any atom is -0.483 e. The van der Waals surface area contributed by atoms with Crippen LogP contribution in [-0.2, 0) is 17.9 Å². The van der Waals surface area contributed by atoms with Gasteiger partial charge < -0.3 is 25.3 Å². The Balaban J connectivity index is 1.61. The lowest BCUT2D eigenvalue weighted by Crippen LogP contribution is -2.21. The van der Waals surface area contributed by atoms with Crippen molar-refractivity contribution in [1.29, 1.82) is 0 Å². The van der Waals surface area contributed by atoms with Gasteiger partial charge in [-0.2, -0.15) is 0 Å². The van der Waals surface area contributed by atoms with Crippen LogP contribution in [0.25, 0.3) is 0 Å². The van der Waals surface area contributed by atoms with Gasteiger partial charge in [0.15, 0.2) is 18.1 Å². The van der Waals surface area contributed by atoms with Crippen LogP contribution in [0.1, 0.15) is 11.1 Å². The maximum absolute atomic E-state index is 10.9. The molecule has 2 aromatic carbocycles. The van der Waals surface area contributed by atoms with Crippen LogP contribution in [0, 0.1) is 0 Å². The van der Waals surface area contributed by atoms with Crippen molar-refractivity contribution in [1.82, 2.24) is 5.32 Å². The molecule has 7 heteroatoms. The zero-order valence-corrected chi connectivity index (χ0v) is 13.6. The van der Waals surface area contributed by atoms with Gasteiger partial charge in [0.2, 0.25) is 6.79 Å². The smallest absolute Gasteiger partial charge is 0.255 e. The summed E-state index contributed by atoms with van der Waals surface area (Å²) < 4.78 is 16.1. The largest absolute Gasteiger partial charge is 0.483 e. The minimum absolute atomic E-state index is 0.170. The van der Waals surface area contributed by atoms with Crippen molar-refractivity contribution >= 4 is 17.5 Å². The molecular weight excluding hydrogens is 332 g/mol. The molecule has 1 heterocycles. The van der Waals surface area contributed by atoms with Crippen LogP contribution in [0.2, 0.25) is 5.02 Å². The van der Waals surface area contributed by atoms with E-state index in [1.165, 1.54) is 0 Å². The van der Waals surface area contributed by atoms with E-state index in [1.807, 2.05) is 18.2 Å². The summed E-state index contributed by atoms with van der Waals surface area (Å²) in [5.74, 6) is 1.57. The van der Waals surface area contributed by atoms with Gasteiger partial charge in [-0.05, 0) is 35.9 Å². The summed E-state index contributed by atoms with van der Waals surface area (Å²) in [4.78, 5) is 10.9. The summed E-state index contributed by atoms with van der Waals surface area (Å²) in [7, 11) is 0. The Labute approximate surface area is 144 Å². The standard InChI is InChI=1S/C17H17ClN2O4/c18-13-2-4-14(22-9-17(19)21)12(6-13)8-20-7-11-1-3-15-16(5-11)24-10-23-15/h1-6,20H,7-10H2,(H2,19,21). The molecule has 1 amide bonds. The Bertz CT molecular complexity index is 751. The third-order valence-corrected chi connectivity index (χ3v) is 3.71. The molecule has 0 unspecified atom stereocenters. The molecule has 0 radical (unpaired) electrons. The van der Waals surface area contributed by atoms with E-state index in [2.05, 4.69) is 5.32 Å². The lowest BCUT2D eigenvalue weighted by atomic mass is 10.1. The highest BCUT2D eigenvalue weighted by atomic mass is 35.5. The summed E-state index contributed by atoms with van der Waals surface area (Å²) in [6, 6.07) is 11.0. The molecule has 0 saturated heterocycles. The highest BCUT2D eigenvalue weighted by Gasteiger charge is 2.13. The van der Waals surface area contributed by atoms with Crippen molar-refractivity contribution < 1.29 is 19.0 Å². The van der Waals surface area contributed by atoms with Gasteiger partial charge in [-0.15, -0.1) is 0 Å². The van der Waals surface area contributed by atoms with Crippen LogP contribution in [0.3, 0.4) is 0 Å². The topological polar surface area (TPSA) is 82.8 Å². The van der Waals surface area contributed by atoms with Crippen molar-refractivity contribution in [2.24, 2.45) is 5.73 Å². The molecule has 3 rings (SSSR count). The highest BCUT2D eigenvalue weighted by molar-refractivity contribution is 6.30. The molecule has 1 aliphatic heterocycles. The number of amides is 1. The number of carbonyl (C=O) groups excluding carboxylic acids is 1. The van der Waals surface area contributed by atoms with Gasteiger partial charge in [0.1, 0.15) is 5.75 Å². The van der Waals surface area contributed by atoms with E-state index in [1.54, 1.807) is 18.2 Å². The van der Waals surface area contributed by atoms with Crippen LogP contribution >= 0.6 is 11.6 Å². The molecule has 0 atom stereocenters.